The van der Waals surface area contributed by atoms with Gasteiger partial charge >= 0.3 is 11.8 Å². The van der Waals surface area contributed by atoms with Crippen LogP contribution < -0.4 is 11.1 Å². The summed E-state index contributed by atoms with van der Waals surface area (Å²) in [5.74, 6) is -1.79. The number of likely N-dealkylation sites (tertiary alicyclic amines) is 1. The molecule has 0 unspecified atom stereocenters. The molecule has 0 bridgehead atoms. The summed E-state index contributed by atoms with van der Waals surface area (Å²) in [4.78, 5) is 46.6. The van der Waals surface area contributed by atoms with Gasteiger partial charge in [-0.15, -0.1) is 0 Å². The molecule has 3 amide bonds. The Balaban J connectivity index is 1.79. The van der Waals surface area contributed by atoms with Gasteiger partial charge in [0, 0.05) is 18.9 Å². The summed E-state index contributed by atoms with van der Waals surface area (Å²) >= 11 is 0. The molecule has 2 aromatic rings. The van der Waals surface area contributed by atoms with Crippen molar-refractivity contribution in [3.8, 4) is 0 Å². The van der Waals surface area contributed by atoms with Crippen LogP contribution in [0.3, 0.4) is 0 Å². The number of hydrogen-bond donors (Lipinski definition) is 2. The van der Waals surface area contributed by atoms with Crippen LogP contribution in [0, 0.1) is 12.8 Å². The predicted molar refractivity (Wildman–Crippen MR) is 103 cm³/mol. The normalized spacial score (nSPS) is 19.1. The minimum atomic E-state index is -0.783. The minimum absolute atomic E-state index is 0.151. The maximum Gasteiger partial charge on any atom is 0.313 e. The second-order valence-electron chi connectivity index (χ2n) is 7.20. The number of anilines is 1. The molecule has 3 heterocycles. The van der Waals surface area contributed by atoms with Gasteiger partial charge in [0.05, 0.1) is 29.2 Å². The summed E-state index contributed by atoms with van der Waals surface area (Å²) in [6.45, 7) is 4.48. The Morgan fingerprint density at radius 1 is 1.18 bits per heavy atom. The highest BCUT2D eigenvalue weighted by molar-refractivity contribution is 6.39. The van der Waals surface area contributed by atoms with Gasteiger partial charge in [-0.05, 0) is 43.4 Å². The lowest BCUT2D eigenvalue weighted by atomic mass is 9.92. The molecule has 8 nitrogen and oxygen atoms in total. The lowest BCUT2D eigenvalue weighted by Gasteiger charge is -2.37. The van der Waals surface area contributed by atoms with E-state index in [0.29, 0.717) is 12.5 Å². The van der Waals surface area contributed by atoms with Gasteiger partial charge in [0.2, 0.25) is 5.91 Å². The molecule has 1 aliphatic heterocycles. The fraction of sp³-hybridized carbons (Fsp3) is 0.350. The predicted octanol–water partition coefficient (Wildman–Crippen LogP) is 1.82. The van der Waals surface area contributed by atoms with Gasteiger partial charge in [-0.3, -0.25) is 24.4 Å². The fourth-order valence-corrected chi connectivity index (χ4v) is 3.32. The van der Waals surface area contributed by atoms with Crippen molar-refractivity contribution in [2.45, 2.75) is 32.7 Å². The average Bonchev–Trinajstić information content (AvgIpc) is 2.68. The third kappa shape index (κ3) is 4.33. The molecule has 0 spiro atoms. The zero-order chi connectivity index (χ0) is 20.3. The number of aromatic nitrogens is 2. The number of carbonyl (C=O) groups excluding carboxylic acids is 3. The topological polar surface area (TPSA) is 118 Å². The van der Waals surface area contributed by atoms with Gasteiger partial charge in [0.15, 0.2) is 0 Å². The van der Waals surface area contributed by atoms with Crippen molar-refractivity contribution in [2.24, 2.45) is 11.7 Å². The molecular weight excluding hydrogens is 358 g/mol. The van der Waals surface area contributed by atoms with Crippen LogP contribution >= 0.6 is 0 Å². The lowest BCUT2D eigenvalue weighted by Crippen LogP contribution is -2.46. The van der Waals surface area contributed by atoms with Crippen LogP contribution in [0.25, 0.3) is 0 Å². The Kier molecular flexibility index (Phi) is 5.67. The number of piperidine rings is 1. The molecule has 1 fully saturated rings. The van der Waals surface area contributed by atoms with E-state index < -0.39 is 17.7 Å². The number of primary amides is 1. The molecule has 3 N–H and O–H groups in total. The molecule has 28 heavy (non-hydrogen) atoms. The summed E-state index contributed by atoms with van der Waals surface area (Å²) in [6.07, 6.45) is 6.11. The van der Waals surface area contributed by atoms with Crippen LogP contribution in [0.15, 0.2) is 36.8 Å². The first-order valence-corrected chi connectivity index (χ1v) is 9.14. The van der Waals surface area contributed by atoms with Gasteiger partial charge in [-0.25, -0.2) is 0 Å². The first-order chi connectivity index (χ1) is 13.3. The molecule has 2 aromatic heterocycles. The van der Waals surface area contributed by atoms with E-state index in [9.17, 15) is 14.4 Å². The van der Waals surface area contributed by atoms with Crippen molar-refractivity contribution in [3.63, 3.8) is 0 Å². The molecule has 0 aliphatic carbocycles. The maximum atomic E-state index is 12.9. The molecule has 1 aliphatic rings. The highest BCUT2D eigenvalue weighted by Gasteiger charge is 2.34. The minimum Gasteiger partial charge on any atom is -0.366 e. The molecule has 1 saturated heterocycles. The third-order valence-electron chi connectivity index (χ3n) is 4.83. The Labute approximate surface area is 163 Å². The summed E-state index contributed by atoms with van der Waals surface area (Å²) in [5.41, 5.74) is 7.42. The summed E-state index contributed by atoms with van der Waals surface area (Å²) in [7, 11) is 0. The van der Waals surface area contributed by atoms with Gasteiger partial charge in [-0.2, -0.15) is 0 Å². The molecule has 3 rings (SSSR count). The average molecular weight is 381 g/mol. The van der Waals surface area contributed by atoms with E-state index in [2.05, 4.69) is 22.2 Å². The number of hydrogen-bond acceptors (Lipinski definition) is 5. The second-order valence-corrected chi connectivity index (χ2v) is 7.20. The number of nitrogens with two attached hydrogens (primary N) is 1. The van der Waals surface area contributed by atoms with Crippen molar-refractivity contribution < 1.29 is 14.4 Å². The number of pyridine rings is 2. The zero-order valence-corrected chi connectivity index (χ0v) is 15.9. The van der Waals surface area contributed by atoms with Crippen LogP contribution in [0.5, 0.6) is 0 Å². The first kappa shape index (κ1) is 19.5. The SMILES string of the molecule is Cc1ccc([C@@H]2CC[C@H](C)CN2C(=O)C(=O)Nc2cncc(C(N)=O)c2)nc1. The molecule has 0 saturated carbocycles. The van der Waals surface area contributed by atoms with Gasteiger partial charge in [-0.1, -0.05) is 13.0 Å². The quantitative estimate of drug-likeness (QED) is 0.786. The third-order valence-corrected chi connectivity index (χ3v) is 4.83. The Morgan fingerprint density at radius 3 is 2.64 bits per heavy atom. The van der Waals surface area contributed by atoms with Crippen molar-refractivity contribution in [3.05, 3.63) is 53.6 Å². The molecule has 8 heteroatoms. The molecule has 2 atom stereocenters. The molecule has 0 aromatic carbocycles. The number of carbonyl (C=O) groups is 3. The highest BCUT2D eigenvalue weighted by Crippen LogP contribution is 2.32. The van der Waals surface area contributed by atoms with Crippen LogP contribution in [-0.4, -0.2) is 39.1 Å². The highest BCUT2D eigenvalue weighted by atomic mass is 16.2. The summed E-state index contributed by atoms with van der Waals surface area (Å²) in [5, 5.41) is 2.51. The molecule has 146 valence electrons. The maximum absolute atomic E-state index is 12.9. The van der Waals surface area contributed by atoms with E-state index in [4.69, 9.17) is 5.73 Å². The molecule has 0 radical (unpaired) electrons. The standard InChI is InChI=1S/C20H23N5O3/c1-12-3-5-16(23-8-12)17-6-4-13(2)11-25(17)20(28)19(27)24-15-7-14(18(21)26)9-22-10-15/h3,5,7-10,13,17H,4,6,11H2,1-2H3,(H2,21,26)(H,24,27)/t13-,17-/m0/s1. The second kappa shape index (κ2) is 8.16. The number of rotatable bonds is 3. The lowest BCUT2D eigenvalue weighted by molar-refractivity contribution is -0.146. The van der Waals surface area contributed by atoms with Crippen LogP contribution in [0.1, 0.15) is 47.4 Å². The van der Waals surface area contributed by atoms with E-state index >= 15 is 0 Å². The van der Waals surface area contributed by atoms with Crippen LogP contribution in [-0.2, 0) is 9.59 Å². The van der Waals surface area contributed by atoms with E-state index in [0.717, 1.165) is 24.1 Å². The van der Waals surface area contributed by atoms with Crippen molar-refractivity contribution in [1.82, 2.24) is 14.9 Å². The van der Waals surface area contributed by atoms with Crippen molar-refractivity contribution >= 4 is 23.4 Å². The Bertz CT molecular complexity index is 897. The van der Waals surface area contributed by atoms with Gasteiger partial charge in [0.1, 0.15) is 0 Å². The van der Waals surface area contributed by atoms with E-state index in [-0.39, 0.29) is 17.3 Å². The Hall–Kier alpha value is -3.29. The number of aryl methyl sites for hydroxylation is 1. The van der Waals surface area contributed by atoms with Gasteiger partial charge in [0.25, 0.3) is 0 Å². The zero-order valence-electron chi connectivity index (χ0n) is 15.9. The van der Waals surface area contributed by atoms with E-state index in [1.54, 1.807) is 11.1 Å². The first-order valence-electron chi connectivity index (χ1n) is 9.14. The monoisotopic (exact) mass is 381 g/mol. The summed E-state index contributed by atoms with van der Waals surface area (Å²) < 4.78 is 0. The molecular formula is C20H23N5O3. The van der Waals surface area contributed by atoms with Crippen LogP contribution in [0.2, 0.25) is 0 Å². The van der Waals surface area contributed by atoms with Crippen LogP contribution in [0.4, 0.5) is 5.69 Å². The number of nitrogens with zero attached hydrogens (tertiary/aromatic N) is 3. The fourth-order valence-electron chi connectivity index (χ4n) is 3.32. The van der Waals surface area contributed by atoms with E-state index in [1.807, 2.05) is 19.1 Å². The van der Waals surface area contributed by atoms with Gasteiger partial charge < -0.3 is 16.0 Å². The largest absolute Gasteiger partial charge is 0.366 e. The summed E-state index contributed by atoms with van der Waals surface area (Å²) in [6, 6.07) is 4.99. The number of amides is 3. The smallest absolute Gasteiger partial charge is 0.313 e. The van der Waals surface area contributed by atoms with E-state index in [1.165, 1.54) is 18.5 Å². The van der Waals surface area contributed by atoms with Crippen molar-refractivity contribution in [1.29, 1.82) is 0 Å². The Morgan fingerprint density at radius 2 is 1.96 bits per heavy atom. The van der Waals surface area contributed by atoms with Crippen molar-refractivity contribution in [2.75, 3.05) is 11.9 Å². The number of nitrogens with one attached hydrogen (secondary N) is 1.